The molecule has 2 N–H and O–H groups in total. The van der Waals surface area contributed by atoms with Crippen molar-refractivity contribution in [3.8, 4) is 0 Å². The van der Waals surface area contributed by atoms with E-state index in [2.05, 4.69) is 20.6 Å². The third kappa shape index (κ3) is 5.95. The lowest BCUT2D eigenvalue weighted by molar-refractivity contribution is 0.190. The van der Waals surface area contributed by atoms with Gasteiger partial charge in [0.1, 0.15) is 17.5 Å². The van der Waals surface area contributed by atoms with Crippen LogP contribution in [0.2, 0.25) is 0 Å². The second-order valence-corrected chi connectivity index (χ2v) is 7.03. The molecule has 11 heteroatoms. The van der Waals surface area contributed by atoms with Crippen LogP contribution in [0.1, 0.15) is 12.5 Å². The quantitative estimate of drug-likeness (QED) is 0.379. The van der Waals surface area contributed by atoms with E-state index in [0.29, 0.717) is 12.7 Å². The number of hydrogen-bond donors (Lipinski definition) is 2. The van der Waals surface area contributed by atoms with Gasteiger partial charge in [-0.2, -0.15) is 4.98 Å². The van der Waals surface area contributed by atoms with Gasteiger partial charge >= 0.3 is 6.03 Å². The van der Waals surface area contributed by atoms with Crippen molar-refractivity contribution in [2.24, 2.45) is 0 Å². The van der Waals surface area contributed by atoms with Gasteiger partial charge in [0.25, 0.3) is 0 Å². The van der Waals surface area contributed by atoms with Crippen molar-refractivity contribution in [3.63, 3.8) is 0 Å². The lowest BCUT2D eigenvalue weighted by Crippen LogP contribution is -2.37. The molecule has 3 rings (SSSR count). The van der Waals surface area contributed by atoms with Gasteiger partial charge in [0.2, 0.25) is 5.95 Å². The number of urea groups is 1. The maximum absolute atomic E-state index is 14.0. The van der Waals surface area contributed by atoms with E-state index in [9.17, 15) is 22.4 Å². The van der Waals surface area contributed by atoms with Crippen molar-refractivity contribution in [1.82, 2.24) is 15.3 Å². The van der Waals surface area contributed by atoms with E-state index in [0.717, 1.165) is 23.1 Å². The highest BCUT2D eigenvalue weighted by Gasteiger charge is 2.22. The number of anilines is 3. The number of benzene rings is 2. The highest BCUT2D eigenvalue weighted by Crippen LogP contribution is 2.25. The molecule has 0 saturated carbocycles. The molecule has 0 aliphatic heterocycles. The summed E-state index contributed by atoms with van der Waals surface area (Å²) in [6.45, 7) is 1.58. The van der Waals surface area contributed by atoms with Crippen molar-refractivity contribution >= 4 is 23.5 Å². The smallest absolute Gasteiger partial charge is 0.327 e. The van der Waals surface area contributed by atoms with Gasteiger partial charge in [-0.05, 0) is 43.3 Å². The van der Waals surface area contributed by atoms with Gasteiger partial charge in [0, 0.05) is 31.0 Å². The fourth-order valence-electron chi connectivity index (χ4n) is 2.97. The zero-order valence-electron chi connectivity index (χ0n) is 17.8. The van der Waals surface area contributed by atoms with Crippen LogP contribution in [-0.4, -0.2) is 35.8 Å². The van der Waals surface area contributed by atoms with Crippen LogP contribution in [0.4, 0.5) is 39.8 Å². The number of nitrogens with one attached hydrogen (secondary N) is 2. The minimum absolute atomic E-state index is 0.0985. The third-order valence-electron chi connectivity index (χ3n) is 4.51. The van der Waals surface area contributed by atoms with Gasteiger partial charge in [-0.25, -0.2) is 32.2 Å². The molecule has 7 nitrogen and oxygen atoms in total. The Kier molecular flexibility index (Phi) is 7.78. The van der Waals surface area contributed by atoms with E-state index in [1.54, 1.807) is 7.11 Å². The zero-order valence-corrected chi connectivity index (χ0v) is 17.8. The Balaban J connectivity index is 1.90. The first kappa shape index (κ1) is 23.9. The number of carbonyl (C=O) groups excluding carboxylic acids is 1. The van der Waals surface area contributed by atoms with E-state index in [1.165, 1.54) is 24.4 Å². The molecule has 0 aliphatic rings. The molecule has 1 atom stereocenters. The number of carbonyl (C=O) groups is 1. The molecule has 0 radical (unpaired) electrons. The third-order valence-corrected chi connectivity index (χ3v) is 4.51. The molecule has 174 valence electrons. The Hall–Kier alpha value is -3.73. The molecule has 1 aromatic heterocycles. The van der Waals surface area contributed by atoms with Crippen LogP contribution in [0.15, 0.2) is 48.7 Å². The number of amides is 2. The summed E-state index contributed by atoms with van der Waals surface area (Å²) in [6, 6.07) is 6.82. The second kappa shape index (κ2) is 10.7. The fraction of sp³-hybridized carbons (Fsp3) is 0.227. The standard InChI is InChI=1S/C22H21F4N5O2/c1-13(12-33-2)29-21-27-10-9-19(30-21)31(15-5-3-14(23)4-6-15)22(32)28-11-16-17(24)7-8-18(25)20(16)26/h3-10,13H,11-12H2,1-2H3,(H,28,32)(H,27,29,30). The summed E-state index contributed by atoms with van der Waals surface area (Å²) in [4.78, 5) is 22.5. The summed E-state index contributed by atoms with van der Waals surface area (Å²) in [5, 5.41) is 5.36. The SMILES string of the molecule is COCC(C)Nc1nccc(N(C(=O)NCc2c(F)ccc(F)c2F)c2ccc(F)cc2)n1. The Morgan fingerprint density at radius 3 is 2.45 bits per heavy atom. The lowest BCUT2D eigenvalue weighted by atomic mass is 10.2. The molecule has 2 amide bonds. The number of methoxy groups -OCH3 is 1. The second-order valence-electron chi connectivity index (χ2n) is 7.03. The van der Waals surface area contributed by atoms with Gasteiger partial charge in [0.05, 0.1) is 18.8 Å². The average molecular weight is 463 g/mol. The van der Waals surface area contributed by atoms with Gasteiger partial charge in [-0.3, -0.25) is 0 Å². The Morgan fingerprint density at radius 2 is 1.76 bits per heavy atom. The van der Waals surface area contributed by atoms with Crippen LogP contribution in [-0.2, 0) is 11.3 Å². The molecule has 2 aromatic carbocycles. The molecule has 0 fully saturated rings. The van der Waals surface area contributed by atoms with E-state index in [-0.39, 0.29) is 23.5 Å². The van der Waals surface area contributed by atoms with E-state index in [4.69, 9.17) is 4.74 Å². The molecule has 1 unspecified atom stereocenters. The summed E-state index contributed by atoms with van der Waals surface area (Å²) in [5.74, 6) is -3.89. The van der Waals surface area contributed by atoms with E-state index < -0.39 is 41.4 Å². The van der Waals surface area contributed by atoms with Crippen LogP contribution in [0, 0.1) is 23.3 Å². The van der Waals surface area contributed by atoms with Crippen molar-refractivity contribution in [1.29, 1.82) is 0 Å². The number of rotatable bonds is 8. The van der Waals surface area contributed by atoms with Crippen molar-refractivity contribution in [2.75, 3.05) is 23.9 Å². The van der Waals surface area contributed by atoms with Gasteiger partial charge in [0.15, 0.2) is 11.6 Å². The maximum Gasteiger partial charge on any atom is 0.327 e. The summed E-state index contributed by atoms with van der Waals surface area (Å²) < 4.78 is 59.9. The number of hydrogen-bond acceptors (Lipinski definition) is 5. The van der Waals surface area contributed by atoms with Gasteiger partial charge in [-0.1, -0.05) is 0 Å². The molecule has 1 heterocycles. The van der Waals surface area contributed by atoms with E-state index in [1.807, 2.05) is 6.92 Å². The molecule has 0 saturated heterocycles. The minimum Gasteiger partial charge on any atom is -0.383 e. The highest BCUT2D eigenvalue weighted by atomic mass is 19.2. The topological polar surface area (TPSA) is 79.4 Å². The van der Waals surface area contributed by atoms with Crippen LogP contribution in [0.5, 0.6) is 0 Å². The molecule has 0 bridgehead atoms. The summed E-state index contributed by atoms with van der Waals surface area (Å²) in [7, 11) is 1.54. The number of aromatic nitrogens is 2. The number of nitrogens with zero attached hydrogens (tertiary/aromatic N) is 3. The molecular weight excluding hydrogens is 442 g/mol. The predicted molar refractivity (Wildman–Crippen MR) is 114 cm³/mol. The first-order valence-electron chi connectivity index (χ1n) is 9.84. The first-order valence-corrected chi connectivity index (χ1v) is 9.84. The van der Waals surface area contributed by atoms with Crippen molar-refractivity contribution < 1.29 is 27.1 Å². The summed E-state index contributed by atoms with van der Waals surface area (Å²) in [6.07, 6.45) is 1.40. The van der Waals surface area contributed by atoms with E-state index >= 15 is 0 Å². The first-order chi connectivity index (χ1) is 15.8. The Bertz CT molecular complexity index is 1110. The average Bonchev–Trinajstić information content (AvgIpc) is 2.78. The largest absolute Gasteiger partial charge is 0.383 e. The normalized spacial score (nSPS) is 11.7. The molecule has 0 spiro atoms. The molecule has 33 heavy (non-hydrogen) atoms. The Labute approximate surface area is 187 Å². The molecule has 0 aliphatic carbocycles. The van der Waals surface area contributed by atoms with Crippen LogP contribution in [0.3, 0.4) is 0 Å². The molecule has 3 aromatic rings. The van der Waals surface area contributed by atoms with Crippen LogP contribution >= 0.6 is 0 Å². The zero-order chi connectivity index (χ0) is 24.0. The summed E-state index contributed by atoms with van der Waals surface area (Å²) >= 11 is 0. The van der Waals surface area contributed by atoms with Crippen LogP contribution in [0.25, 0.3) is 0 Å². The van der Waals surface area contributed by atoms with Crippen molar-refractivity contribution in [2.45, 2.75) is 19.5 Å². The van der Waals surface area contributed by atoms with Crippen molar-refractivity contribution in [3.05, 3.63) is 77.5 Å². The number of halogens is 4. The maximum atomic E-state index is 14.0. The Morgan fingerprint density at radius 1 is 1.06 bits per heavy atom. The van der Waals surface area contributed by atoms with Gasteiger partial charge < -0.3 is 15.4 Å². The summed E-state index contributed by atoms with van der Waals surface area (Å²) in [5.41, 5.74) is -0.412. The monoisotopic (exact) mass is 463 g/mol. The lowest BCUT2D eigenvalue weighted by Gasteiger charge is -2.23. The molecular formula is C22H21F4N5O2. The minimum atomic E-state index is -1.40. The fourth-order valence-corrected chi connectivity index (χ4v) is 2.97. The highest BCUT2D eigenvalue weighted by molar-refractivity contribution is 5.98. The predicted octanol–water partition coefficient (Wildman–Crippen LogP) is 4.53. The van der Waals surface area contributed by atoms with Gasteiger partial charge in [-0.15, -0.1) is 0 Å². The number of ether oxygens (including phenoxy) is 1. The van der Waals surface area contributed by atoms with Crippen LogP contribution < -0.4 is 15.5 Å².